The van der Waals surface area contributed by atoms with Crippen LogP contribution in [0.5, 0.6) is 0 Å². The van der Waals surface area contributed by atoms with Crippen molar-refractivity contribution in [1.29, 1.82) is 0 Å². The van der Waals surface area contributed by atoms with Crippen LogP contribution >= 0.6 is 0 Å². The summed E-state index contributed by atoms with van der Waals surface area (Å²) in [5.74, 6) is -0.914. The van der Waals surface area contributed by atoms with Gasteiger partial charge in [-0.1, -0.05) is 0 Å². The first-order valence-electron chi connectivity index (χ1n) is 3.13. The van der Waals surface area contributed by atoms with Gasteiger partial charge in [-0.05, 0) is 0 Å². The molecule has 0 aromatic rings. The molecule has 60 valence electrons. The monoisotopic (exact) mass is 211 g/mol. The molecule has 0 aromatic carbocycles. The van der Waals surface area contributed by atoms with Crippen LogP contribution in [0.4, 0.5) is 0 Å². The molecule has 0 saturated heterocycles. The molecule has 0 spiro atoms. The first-order chi connectivity index (χ1) is 4.46. The van der Waals surface area contributed by atoms with E-state index in [0.717, 1.165) is 0 Å². The van der Waals surface area contributed by atoms with Gasteiger partial charge >= 0.3 is 68.2 Å². The zero-order valence-corrected chi connectivity index (χ0v) is 7.99. The van der Waals surface area contributed by atoms with Crippen molar-refractivity contribution < 1.29 is 9.90 Å². The number of hydrogen-bond donors (Lipinski definition) is 2. The fourth-order valence-electron chi connectivity index (χ4n) is 0.525. The Labute approximate surface area is 68.8 Å². The number of rotatable bonds is 3. The molecule has 0 saturated carbocycles. The van der Waals surface area contributed by atoms with Gasteiger partial charge in [-0.15, -0.1) is 0 Å². The summed E-state index contributed by atoms with van der Waals surface area (Å²) >= 11 is 2.40. The van der Waals surface area contributed by atoms with Crippen LogP contribution in [0.15, 0.2) is 0 Å². The van der Waals surface area contributed by atoms with Gasteiger partial charge in [-0.3, -0.25) is 0 Å². The number of nitrogens with two attached hydrogens (primary N) is 1. The Morgan fingerprint density at radius 2 is 2.00 bits per heavy atom. The van der Waals surface area contributed by atoms with E-state index in [9.17, 15) is 4.79 Å². The van der Waals surface area contributed by atoms with E-state index in [1.54, 1.807) is 0 Å². The molecule has 0 rings (SSSR count). The standard InChI is InChI=1S/C6H13NO2Se/c1-3(4(2)10)5(7)6(8)9/h3-5,10H,7H2,1-2H3,(H,8,9). The van der Waals surface area contributed by atoms with Gasteiger partial charge in [0.2, 0.25) is 0 Å². The number of carboxylic acid groups (broad SMARTS) is 1. The quantitative estimate of drug-likeness (QED) is 0.631. The van der Waals surface area contributed by atoms with E-state index in [4.69, 9.17) is 10.8 Å². The summed E-state index contributed by atoms with van der Waals surface area (Å²) in [6, 6.07) is -0.738. The van der Waals surface area contributed by atoms with E-state index in [-0.39, 0.29) is 10.7 Å². The molecule has 3 unspecified atom stereocenters. The van der Waals surface area contributed by atoms with Gasteiger partial charge in [0.1, 0.15) is 0 Å². The van der Waals surface area contributed by atoms with Crippen LogP contribution in [0.25, 0.3) is 0 Å². The van der Waals surface area contributed by atoms with E-state index in [0.29, 0.717) is 0 Å². The number of hydrogen-bond acceptors (Lipinski definition) is 2. The van der Waals surface area contributed by atoms with Crippen LogP contribution in [-0.2, 0) is 4.79 Å². The van der Waals surface area contributed by atoms with Gasteiger partial charge in [-0.25, -0.2) is 0 Å². The summed E-state index contributed by atoms with van der Waals surface area (Å²) in [6.45, 7) is 3.77. The van der Waals surface area contributed by atoms with E-state index >= 15 is 0 Å². The molecule has 0 aromatic heterocycles. The third-order valence-electron chi connectivity index (χ3n) is 1.61. The molecule has 3 N–H and O–H groups in total. The van der Waals surface area contributed by atoms with Crippen molar-refractivity contribution in [3.8, 4) is 0 Å². The average Bonchev–Trinajstić information content (AvgIpc) is 1.84. The van der Waals surface area contributed by atoms with Crippen molar-refractivity contribution in [2.24, 2.45) is 11.7 Å². The predicted octanol–water partition coefficient (Wildman–Crippen LogP) is -0.256. The summed E-state index contributed by atoms with van der Waals surface area (Å²) in [5.41, 5.74) is 5.35. The number of carbonyl (C=O) groups is 1. The van der Waals surface area contributed by atoms with Gasteiger partial charge in [0.05, 0.1) is 0 Å². The van der Waals surface area contributed by atoms with Crippen LogP contribution in [0.2, 0.25) is 4.82 Å². The first-order valence-corrected chi connectivity index (χ1v) is 4.21. The minimum absolute atomic E-state index is 0.0116. The van der Waals surface area contributed by atoms with Crippen molar-refractivity contribution in [3.63, 3.8) is 0 Å². The van der Waals surface area contributed by atoms with Crippen molar-refractivity contribution in [1.82, 2.24) is 0 Å². The Morgan fingerprint density at radius 3 is 2.10 bits per heavy atom. The fraction of sp³-hybridized carbons (Fsp3) is 0.833. The molecule has 0 heterocycles. The second kappa shape index (κ2) is 3.96. The number of carboxylic acids is 1. The molecule has 0 aliphatic rings. The summed E-state index contributed by atoms with van der Waals surface area (Å²) in [7, 11) is 0. The second-order valence-electron chi connectivity index (χ2n) is 2.46. The van der Waals surface area contributed by atoms with E-state index in [2.05, 4.69) is 16.0 Å². The second-order valence-corrected chi connectivity index (χ2v) is 4.17. The molecule has 10 heavy (non-hydrogen) atoms. The molecular weight excluding hydrogens is 197 g/mol. The molecule has 0 aliphatic heterocycles. The van der Waals surface area contributed by atoms with E-state index in [1.807, 2.05) is 13.8 Å². The molecule has 0 bridgehead atoms. The molecule has 0 amide bonds. The number of aliphatic carboxylic acids is 1. The van der Waals surface area contributed by atoms with Gasteiger partial charge in [0.15, 0.2) is 0 Å². The molecule has 0 radical (unpaired) electrons. The topological polar surface area (TPSA) is 63.3 Å². The molecule has 0 aliphatic carbocycles. The van der Waals surface area contributed by atoms with Crippen LogP contribution in [-0.4, -0.2) is 33.1 Å². The Bertz CT molecular complexity index is 127. The van der Waals surface area contributed by atoms with Gasteiger partial charge < -0.3 is 0 Å². The van der Waals surface area contributed by atoms with Gasteiger partial charge in [-0.2, -0.15) is 0 Å². The summed E-state index contributed by atoms with van der Waals surface area (Å²) in [6.07, 6.45) is 0. The maximum atomic E-state index is 10.3. The Balaban J connectivity index is 3.94. The van der Waals surface area contributed by atoms with Crippen LogP contribution in [0.1, 0.15) is 13.8 Å². The molecule has 0 fully saturated rings. The average molecular weight is 210 g/mol. The summed E-state index contributed by atoms with van der Waals surface area (Å²) in [5, 5.41) is 8.47. The van der Waals surface area contributed by atoms with Crippen molar-refractivity contribution in [3.05, 3.63) is 0 Å². The van der Waals surface area contributed by atoms with E-state index < -0.39 is 12.0 Å². The Kier molecular flexibility index (Phi) is 3.94. The van der Waals surface area contributed by atoms with Crippen LogP contribution in [0, 0.1) is 5.92 Å². The van der Waals surface area contributed by atoms with E-state index in [1.165, 1.54) is 0 Å². The van der Waals surface area contributed by atoms with Gasteiger partial charge in [0.25, 0.3) is 0 Å². The normalized spacial score (nSPS) is 19.6. The SMILES string of the molecule is CC([SeH])C(C)C(N)C(=O)O. The van der Waals surface area contributed by atoms with Crippen LogP contribution in [0.3, 0.4) is 0 Å². The minimum atomic E-state index is -0.926. The Hall–Kier alpha value is -0.0505. The van der Waals surface area contributed by atoms with Crippen LogP contribution < -0.4 is 5.73 Å². The van der Waals surface area contributed by atoms with Crippen molar-refractivity contribution in [2.75, 3.05) is 0 Å². The zero-order valence-electron chi connectivity index (χ0n) is 6.11. The van der Waals surface area contributed by atoms with Gasteiger partial charge in [0, 0.05) is 0 Å². The molecule has 4 heteroatoms. The first kappa shape index (κ1) is 9.95. The predicted molar refractivity (Wildman–Crippen MR) is 41.3 cm³/mol. The summed E-state index contributed by atoms with van der Waals surface area (Å²) in [4.78, 5) is 10.6. The molecule has 3 atom stereocenters. The molecular formula is C6H13NO2Se. The Morgan fingerprint density at radius 1 is 1.60 bits per heavy atom. The van der Waals surface area contributed by atoms with Crippen molar-refractivity contribution >= 4 is 22.0 Å². The third-order valence-corrected chi connectivity index (χ3v) is 2.60. The third kappa shape index (κ3) is 2.69. The van der Waals surface area contributed by atoms with Crippen molar-refractivity contribution in [2.45, 2.75) is 24.7 Å². The maximum absolute atomic E-state index is 10.3. The summed E-state index contributed by atoms with van der Waals surface area (Å²) < 4.78 is 0. The molecule has 3 nitrogen and oxygen atoms in total. The fourth-order valence-corrected chi connectivity index (χ4v) is 0.914. The zero-order chi connectivity index (χ0) is 8.31.